The summed E-state index contributed by atoms with van der Waals surface area (Å²) in [5, 5.41) is 15.5. The van der Waals surface area contributed by atoms with Gasteiger partial charge in [-0.05, 0) is 174 Å². The van der Waals surface area contributed by atoms with Crippen molar-refractivity contribution in [2.75, 3.05) is 4.90 Å². The fourth-order valence-electron chi connectivity index (χ4n) is 12.1. The lowest BCUT2D eigenvalue weighted by atomic mass is 9.89. The van der Waals surface area contributed by atoms with Gasteiger partial charge in [0, 0.05) is 17.6 Å². The summed E-state index contributed by atoms with van der Waals surface area (Å²) in [5.41, 5.74) is 18.4. The number of fused-ring (bicyclic) bond motifs is 16. The van der Waals surface area contributed by atoms with Gasteiger partial charge in [-0.1, -0.05) is 176 Å². The van der Waals surface area contributed by atoms with Crippen molar-refractivity contribution in [2.45, 2.75) is 0 Å². The summed E-state index contributed by atoms with van der Waals surface area (Å²) in [6.45, 7) is 0. The Bertz CT molecular complexity index is 3850. The van der Waals surface area contributed by atoms with E-state index in [-0.39, 0.29) is 0 Å². The zero-order valence-electron chi connectivity index (χ0n) is 36.3. The third-order valence-corrected chi connectivity index (χ3v) is 14.7. The summed E-state index contributed by atoms with van der Waals surface area (Å²) in [5.74, 6) is 0. The third-order valence-electron chi connectivity index (χ3n) is 14.7. The Hall–Kier alpha value is -8.85. The summed E-state index contributed by atoms with van der Waals surface area (Å²) >= 11 is 0. The smallest absolute Gasteiger partial charge is 0.0644 e. The minimum atomic E-state index is 1.00. The quantitative estimate of drug-likeness (QED) is 0.160. The maximum atomic E-state index is 4.64. The van der Waals surface area contributed by atoms with Gasteiger partial charge in [0.15, 0.2) is 0 Å². The SMILES string of the molecule is c1ccc(N(c2cccnc2)c2cc(-c3ccc4c5c(cccc35)-c3c-4c4ccccc4c4ccccc34)cc(-c3ccc4c5c(cccc35)-c3c-4c4ccccc4c4ccccc34)c2)cc1. The Morgan fingerprint density at radius 3 is 1.06 bits per heavy atom. The number of nitrogens with zero attached hydrogens (tertiary/aromatic N) is 2. The topological polar surface area (TPSA) is 16.1 Å². The van der Waals surface area contributed by atoms with Gasteiger partial charge in [-0.25, -0.2) is 0 Å². The van der Waals surface area contributed by atoms with Crippen molar-refractivity contribution < 1.29 is 0 Å². The number of benzene rings is 12. The summed E-state index contributed by atoms with van der Waals surface area (Å²) in [4.78, 5) is 6.99. The van der Waals surface area contributed by atoms with Gasteiger partial charge in [0.05, 0.1) is 11.9 Å². The molecule has 13 aromatic rings. The molecular formula is C65H38N2. The molecule has 1 heterocycles. The highest BCUT2D eigenvalue weighted by Crippen LogP contribution is 2.57. The second kappa shape index (κ2) is 13.8. The van der Waals surface area contributed by atoms with Crippen LogP contribution in [-0.2, 0) is 0 Å². The van der Waals surface area contributed by atoms with E-state index in [0.717, 1.165) is 28.2 Å². The molecule has 0 bridgehead atoms. The van der Waals surface area contributed by atoms with Crippen LogP contribution in [0.25, 0.3) is 131 Å². The summed E-state index contributed by atoms with van der Waals surface area (Å²) in [6.07, 6.45) is 3.82. The van der Waals surface area contributed by atoms with E-state index in [1.807, 2.05) is 18.5 Å². The Morgan fingerprint density at radius 2 is 0.627 bits per heavy atom. The zero-order chi connectivity index (χ0) is 43.7. The number of aromatic nitrogens is 1. The molecule has 2 nitrogen and oxygen atoms in total. The zero-order valence-corrected chi connectivity index (χ0v) is 36.3. The van der Waals surface area contributed by atoms with Crippen LogP contribution in [0.1, 0.15) is 0 Å². The minimum absolute atomic E-state index is 1.00. The van der Waals surface area contributed by atoms with Crippen LogP contribution in [0.4, 0.5) is 17.1 Å². The van der Waals surface area contributed by atoms with E-state index in [1.165, 1.54) is 120 Å². The Labute approximate surface area is 387 Å². The lowest BCUT2D eigenvalue weighted by Gasteiger charge is -2.26. The van der Waals surface area contributed by atoms with Gasteiger partial charge in [0.2, 0.25) is 0 Å². The maximum Gasteiger partial charge on any atom is 0.0644 e. The second-order valence-corrected chi connectivity index (χ2v) is 18.1. The first-order valence-electron chi connectivity index (χ1n) is 23.2. The molecule has 0 aliphatic heterocycles. The van der Waals surface area contributed by atoms with E-state index in [4.69, 9.17) is 0 Å². The molecule has 12 aromatic carbocycles. The van der Waals surface area contributed by atoms with Crippen LogP contribution in [0.3, 0.4) is 0 Å². The third kappa shape index (κ3) is 5.07. The number of anilines is 3. The van der Waals surface area contributed by atoms with Crippen LogP contribution in [0, 0.1) is 0 Å². The van der Waals surface area contributed by atoms with Gasteiger partial charge in [-0.3, -0.25) is 4.98 Å². The first-order chi connectivity index (χ1) is 33.3. The van der Waals surface area contributed by atoms with Gasteiger partial charge in [-0.15, -0.1) is 0 Å². The molecule has 0 radical (unpaired) electrons. The van der Waals surface area contributed by atoms with Crippen LogP contribution in [0.2, 0.25) is 0 Å². The molecule has 2 heteroatoms. The van der Waals surface area contributed by atoms with E-state index >= 15 is 0 Å². The number of rotatable bonds is 5. The predicted molar refractivity (Wildman–Crippen MR) is 284 cm³/mol. The Balaban J connectivity index is 1.01. The van der Waals surface area contributed by atoms with Crippen molar-refractivity contribution in [3.63, 3.8) is 0 Å². The van der Waals surface area contributed by atoms with Crippen LogP contribution >= 0.6 is 0 Å². The Kier molecular flexibility index (Phi) is 7.53. The lowest BCUT2D eigenvalue weighted by molar-refractivity contribution is 1.23. The highest BCUT2D eigenvalue weighted by atomic mass is 15.1. The van der Waals surface area contributed by atoms with Gasteiger partial charge < -0.3 is 4.90 Å². The van der Waals surface area contributed by atoms with Crippen molar-refractivity contribution >= 4 is 81.7 Å². The molecule has 308 valence electrons. The highest BCUT2D eigenvalue weighted by Gasteiger charge is 2.30. The van der Waals surface area contributed by atoms with Gasteiger partial charge in [0.25, 0.3) is 0 Å². The molecule has 67 heavy (non-hydrogen) atoms. The average molecular weight is 847 g/mol. The van der Waals surface area contributed by atoms with Crippen molar-refractivity contribution in [1.29, 1.82) is 0 Å². The summed E-state index contributed by atoms with van der Waals surface area (Å²) < 4.78 is 0. The molecule has 0 atom stereocenters. The monoisotopic (exact) mass is 846 g/mol. The number of para-hydroxylation sites is 1. The molecule has 0 amide bonds. The number of pyridine rings is 1. The van der Waals surface area contributed by atoms with Crippen molar-refractivity contribution in [3.8, 4) is 66.8 Å². The molecular weight excluding hydrogens is 809 g/mol. The first-order valence-corrected chi connectivity index (χ1v) is 23.2. The molecule has 15 rings (SSSR count). The highest BCUT2D eigenvalue weighted by molar-refractivity contribution is 6.33. The fourth-order valence-corrected chi connectivity index (χ4v) is 12.1. The molecule has 0 N–H and O–H groups in total. The number of hydrogen-bond acceptors (Lipinski definition) is 2. The molecule has 0 saturated heterocycles. The summed E-state index contributed by atoms with van der Waals surface area (Å²) in [6, 6.07) is 81.2. The van der Waals surface area contributed by atoms with Crippen molar-refractivity contribution in [1.82, 2.24) is 4.98 Å². The van der Waals surface area contributed by atoms with Gasteiger partial charge in [-0.2, -0.15) is 0 Å². The summed E-state index contributed by atoms with van der Waals surface area (Å²) in [7, 11) is 0. The molecule has 1 aromatic heterocycles. The van der Waals surface area contributed by atoms with E-state index in [2.05, 4.69) is 222 Å². The first kappa shape index (κ1) is 36.5. The predicted octanol–water partition coefficient (Wildman–Crippen LogP) is 18.1. The normalized spacial score (nSPS) is 12.2. The molecule has 2 aliphatic carbocycles. The van der Waals surface area contributed by atoms with Gasteiger partial charge in [0.1, 0.15) is 0 Å². The lowest BCUT2D eigenvalue weighted by Crippen LogP contribution is -2.10. The van der Waals surface area contributed by atoms with Crippen molar-refractivity contribution in [3.05, 3.63) is 231 Å². The van der Waals surface area contributed by atoms with E-state index in [0.29, 0.717) is 0 Å². The Morgan fingerprint density at radius 1 is 0.254 bits per heavy atom. The fraction of sp³-hybridized carbons (Fsp3) is 0. The average Bonchev–Trinajstić information content (AvgIpc) is 3.93. The second-order valence-electron chi connectivity index (χ2n) is 18.1. The molecule has 0 saturated carbocycles. The van der Waals surface area contributed by atoms with Crippen molar-refractivity contribution in [2.24, 2.45) is 0 Å². The minimum Gasteiger partial charge on any atom is -0.309 e. The molecule has 0 fully saturated rings. The van der Waals surface area contributed by atoms with Crippen LogP contribution < -0.4 is 4.90 Å². The van der Waals surface area contributed by atoms with Crippen LogP contribution in [0.15, 0.2) is 231 Å². The van der Waals surface area contributed by atoms with Crippen LogP contribution in [0.5, 0.6) is 0 Å². The molecule has 0 spiro atoms. The maximum absolute atomic E-state index is 4.64. The van der Waals surface area contributed by atoms with E-state index < -0.39 is 0 Å². The van der Waals surface area contributed by atoms with E-state index in [1.54, 1.807) is 0 Å². The largest absolute Gasteiger partial charge is 0.309 e. The van der Waals surface area contributed by atoms with Crippen LogP contribution in [-0.4, -0.2) is 4.98 Å². The molecule has 0 unspecified atom stereocenters. The molecule has 2 aliphatic rings. The van der Waals surface area contributed by atoms with Gasteiger partial charge >= 0.3 is 0 Å². The van der Waals surface area contributed by atoms with E-state index in [9.17, 15) is 0 Å². The number of hydrogen-bond donors (Lipinski definition) is 0. The standard InChI is InChI=1S/C65H38N2/c1-2-15-41(16-3-1)67(42-17-14-34-66-38-42)43-36-39(44-30-32-58-60-50(44)26-12-28-56(60)62-52-22-8-4-18-46(52)48-20-6-10-24-54(48)64(58)62)35-40(37-43)45-31-33-59-61-51(45)27-13-29-57(61)63-53-23-9-5-19-47(53)49-21-7-11-25-55(49)65(59)63/h1-38H.